The van der Waals surface area contributed by atoms with Crippen molar-refractivity contribution in [1.82, 2.24) is 15.1 Å². The average Bonchev–Trinajstić information content (AvgIpc) is 2.87. The minimum Gasteiger partial charge on any atom is -0.396 e. The van der Waals surface area contributed by atoms with E-state index in [1.165, 1.54) is 0 Å². The van der Waals surface area contributed by atoms with E-state index in [-0.39, 0.29) is 18.7 Å². The summed E-state index contributed by atoms with van der Waals surface area (Å²) in [4.78, 5) is 11.7. The van der Waals surface area contributed by atoms with E-state index in [4.69, 9.17) is 16.7 Å². The standard InChI is InChI=1S/C14H17ClN4O2/c1-10(6-7-20)17-14(21)18-11-8-16-19(9-11)13-5-3-2-4-12(13)15/h2-5,8-10,20H,6-7H2,1H3,(H2,17,18,21)/t10-/m1/s1. The lowest BCUT2D eigenvalue weighted by molar-refractivity contribution is 0.241. The van der Waals surface area contributed by atoms with E-state index in [9.17, 15) is 4.79 Å². The molecule has 7 heteroatoms. The first-order valence-electron chi connectivity index (χ1n) is 6.58. The summed E-state index contributed by atoms with van der Waals surface area (Å²) in [5.74, 6) is 0. The molecule has 1 atom stereocenters. The molecule has 1 heterocycles. The van der Waals surface area contributed by atoms with Gasteiger partial charge in [0.1, 0.15) is 0 Å². The number of aliphatic hydroxyl groups excluding tert-OH is 1. The molecule has 2 aromatic rings. The summed E-state index contributed by atoms with van der Waals surface area (Å²) in [7, 11) is 0. The Morgan fingerprint density at radius 1 is 1.48 bits per heavy atom. The molecule has 2 rings (SSSR count). The molecule has 0 saturated heterocycles. The number of hydrogen-bond acceptors (Lipinski definition) is 3. The number of amides is 2. The van der Waals surface area contributed by atoms with Gasteiger partial charge in [-0.05, 0) is 25.5 Å². The second kappa shape index (κ2) is 7.10. The monoisotopic (exact) mass is 308 g/mol. The SMILES string of the molecule is C[C@H](CCO)NC(=O)Nc1cnn(-c2ccccc2Cl)c1. The molecule has 0 radical (unpaired) electrons. The van der Waals surface area contributed by atoms with Crippen molar-refractivity contribution in [3.8, 4) is 5.69 Å². The molecule has 2 amide bonds. The molecule has 0 spiro atoms. The maximum absolute atomic E-state index is 11.7. The highest BCUT2D eigenvalue weighted by Gasteiger charge is 2.09. The normalized spacial score (nSPS) is 12.0. The lowest BCUT2D eigenvalue weighted by atomic mass is 10.2. The summed E-state index contributed by atoms with van der Waals surface area (Å²) in [6, 6.07) is 6.87. The molecule has 0 bridgehead atoms. The highest BCUT2D eigenvalue weighted by molar-refractivity contribution is 6.32. The van der Waals surface area contributed by atoms with Gasteiger partial charge >= 0.3 is 6.03 Å². The molecule has 3 N–H and O–H groups in total. The van der Waals surface area contributed by atoms with Crippen LogP contribution in [0.5, 0.6) is 0 Å². The number of para-hydroxylation sites is 1. The first kappa shape index (κ1) is 15.3. The van der Waals surface area contributed by atoms with Crippen LogP contribution in [0.15, 0.2) is 36.7 Å². The van der Waals surface area contributed by atoms with Crippen molar-refractivity contribution in [2.24, 2.45) is 0 Å². The van der Waals surface area contributed by atoms with Crippen molar-refractivity contribution in [3.63, 3.8) is 0 Å². The summed E-state index contributed by atoms with van der Waals surface area (Å²) in [5, 5.41) is 18.9. The largest absolute Gasteiger partial charge is 0.396 e. The Labute approximate surface area is 127 Å². The Hall–Kier alpha value is -2.05. The highest BCUT2D eigenvalue weighted by Crippen LogP contribution is 2.20. The van der Waals surface area contributed by atoms with Crippen LogP contribution in [0.25, 0.3) is 5.69 Å². The summed E-state index contributed by atoms with van der Waals surface area (Å²) >= 11 is 6.09. The van der Waals surface area contributed by atoms with Crippen molar-refractivity contribution in [1.29, 1.82) is 0 Å². The number of anilines is 1. The maximum Gasteiger partial charge on any atom is 0.319 e. The van der Waals surface area contributed by atoms with E-state index in [1.807, 2.05) is 25.1 Å². The number of halogens is 1. The number of carbonyl (C=O) groups is 1. The van der Waals surface area contributed by atoms with Gasteiger partial charge in [0.2, 0.25) is 0 Å². The van der Waals surface area contributed by atoms with Crippen LogP contribution < -0.4 is 10.6 Å². The third-order valence-corrected chi connectivity index (χ3v) is 3.20. The summed E-state index contributed by atoms with van der Waals surface area (Å²) in [6.07, 6.45) is 3.73. The van der Waals surface area contributed by atoms with Crippen molar-refractivity contribution < 1.29 is 9.90 Å². The number of nitrogens with zero attached hydrogens (tertiary/aromatic N) is 2. The first-order valence-corrected chi connectivity index (χ1v) is 6.96. The molecule has 0 aliphatic heterocycles. The molecule has 112 valence electrons. The number of hydrogen-bond donors (Lipinski definition) is 3. The van der Waals surface area contributed by atoms with Crippen LogP contribution in [0, 0.1) is 0 Å². The van der Waals surface area contributed by atoms with Crippen LogP contribution >= 0.6 is 11.6 Å². The van der Waals surface area contributed by atoms with Crippen molar-refractivity contribution in [2.45, 2.75) is 19.4 Å². The number of nitrogens with one attached hydrogen (secondary N) is 2. The molecule has 0 aliphatic rings. The molecule has 21 heavy (non-hydrogen) atoms. The van der Waals surface area contributed by atoms with Gasteiger partial charge in [-0.15, -0.1) is 0 Å². The molecular formula is C14H17ClN4O2. The van der Waals surface area contributed by atoms with Crippen LogP contribution in [0.3, 0.4) is 0 Å². The minimum absolute atomic E-state index is 0.0336. The zero-order valence-electron chi connectivity index (χ0n) is 11.6. The van der Waals surface area contributed by atoms with Crippen molar-refractivity contribution >= 4 is 23.3 Å². The second-order valence-corrected chi connectivity index (χ2v) is 5.04. The fourth-order valence-corrected chi connectivity index (χ4v) is 2.04. The fraction of sp³-hybridized carbons (Fsp3) is 0.286. The van der Waals surface area contributed by atoms with Gasteiger partial charge in [0.15, 0.2) is 0 Å². The molecule has 0 aliphatic carbocycles. The summed E-state index contributed by atoms with van der Waals surface area (Å²) in [5.41, 5.74) is 1.30. The van der Waals surface area contributed by atoms with Gasteiger partial charge < -0.3 is 15.7 Å². The van der Waals surface area contributed by atoms with Crippen LogP contribution in [-0.2, 0) is 0 Å². The number of aliphatic hydroxyl groups is 1. The lowest BCUT2D eigenvalue weighted by Crippen LogP contribution is -2.36. The predicted octanol–water partition coefficient (Wildman–Crippen LogP) is 2.42. The Morgan fingerprint density at radius 2 is 2.24 bits per heavy atom. The number of aromatic nitrogens is 2. The number of benzene rings is 1. The van der Waals surface area contributed by atoms with Crippen LogP contribution in [-0.4, -0.2) is 33.6 Å². The van der Waals surface area contributed by atoms with Gasteiger partial charge in [-0.1, -0.05) is 23.7 Å². The molecule has 0 unspecified atom stereocenters. The molecule has 0 fully saturated rings. The number of carbonyl (C=O) groups excluding carboxylic acids is 1. The third kappa shape index (κ3) is 4.21. The summed E-state index contributed by atoms with van der Waals surface area (Å²) < 4.78 is 1.59. The zero-order chi connectivity index (χ0) is 15.2. The Bertz CT molecular complexity index is 615. The predicted molar refractivity (Wildman–Crippen MR) is 81.9 cm³/mol. The van der Waals surface area contributed by atoms with Gasteiger partial charge in [0.05, 0.1) is 28.8 Å². The lowest BCUT2D eigenvalue weighted by Gasteiger charge is -2.12. The average molecular weight is 309 g/mol. The van der Waals surface area contributed by atoms with Gasteiger partial charge in [0.25, 0.3) is 0 Å². The highest BCUT2D eigenvalue weighted by atomic mass is 35.5. The summed E-state index contributed by atoms with van der Waals surface area (Å²) in [6.45, 7) is 1.86. The third-order valence-electron chi connectivity index (χ3n) is 2.88. The first-order chi connectivity index (χ1) is 10.1. The van der Waals surface area contributed by atoms with Gasteiger partial charge in [0, 0.05) is 12.6 Å². The van der Waals surface area contributed by atoms with Gasteiger partial charge in [-0.3, -0.25) is 0 Å². The van der Waals surface area contributed by atoms with Crippen LogP contribution in [0.1, 0.15) is 13.3 Å². The minimum atomic E-state index is -0.338. The number of rotatable bonds is 5. The second-order valence-electron chi connectivity index (χ2n) is 4.64. The van der Waals surface area contributed by atoms with Crippen LogP contribution in [0.4, 0.5) is 10.5 Å². The Morgan fingerprint density at radius 3 is 2.95 bits per heavy atom. The van der Waals surface area contributed by atoms with E-state index in [2.05, 4.69) is 15.7 Å². The Kier molecular flexibility index (Phi) is 5.19. The molecule has 6 nitrogen and oxygen atoms in total. The van der Waals surface area contributed by atoms with Gasteiger partial charge in [-0.25, -0.2) is 9.48 Å². The zero-order valence-corrected chi connectivity index (χ0v) is 12.3. The van der Waals surface area contributed by atoms with E-state index in [1.54, 1.807) is 23.1 Å². The smallest absolute Gasteiger partial charge is 0.319 e. The van der Waals surface area contributed by atoms with E-state index < -0.39 is 0 Å². The molecule has 1 aromatic carbocycles. The van der Waals surface area contributed by atoms with E-state index in [0.29, 0.717) is 17.1 Å². The van der Waals surface area contributed by atoms with Crippen molar-refractivity contribution in [2.75, 3.05) is 11.9 Å². The molecule has 1 aromatic heterocycles. The van der Waals surface area contributed by atoms with Gasteiger partial charge in [-0.2, -0.15) is 5.10 Å². The van der Waals surface area contributed by atoms with Crippen molar-refractivity contribution in [3.05, 3.63) is 41.7 Å². The van der Waals surface area contributed by atoms with Crippen LogP contribution in [0.2, 0.25) is 5.02 Å². The topological polar surface area (TPSA) is 79.2 Å². The number of urea groups is 1. The Balaban J connectivity index is 2.01. The maximum atomic E-state index is 11.7. The van der Waals surface area contributed by atoms with E-state index >= 15 is 0 Å². The molecular weight excluding hydrogens is 292 g/mol. The molecule has 0 saturated carbocycles. The fourth-order valence-electron chi connectivity index (χ4n) is 1.81. The quantitative estimate of drug-likeness (QED) is 0.793. The van der Waals surface area contributed by atoms with E-state index in [0.717, 1.165) is 5.69 Å².